The zero-order chi connectivity index (χ0) is 12.3. The van der Waals surface area contributed by atoms with E-state index >= 15 is 0 Å². The van der Waals surface area contributed by atoms with Crippen molar-refractivity contribution in [3.63, 3.8) is 0 Å². The van der Waals surface area contributed by atoms with Gasteiger partial charge in [-0.1, -0.05) is 0 Å². The molecule has 0 amide bonds. The van der Waals surface area contributed by atoms with E-state index in [4.69, 9.17) is 5.26 Å². The minimum atomic E-state index is -2.80. The average molecular weight is 226 g/mol. The number of nitrogens with zero attached hydrogens (tertiary/aromatic N) is 2. The van der Waals surface area contributed by atoms with Gasteiger partial charge in [-0.25, -0.2) is 18.6 Å². The van der Waals surface area contributed by atoms with Crippen LogP contribution in [-0.4, -0.2) is 18.1 Å². The van der Waals surface area contributed by atoms with Crippen molar-refractivity contribution in [1.82, 2.24) is 4.98 Å². The van der Waals surface area contributed by atoms with Crippen LogP contribution in [-0.2, 0) is 4.74 Å². The molecule has 0 radical (unpaired) electrons. The lowest BCUT2D eigenvalue weighted by molar-refractivity contribution is 0.0591. The Hall–Kier alpha value is -2.03. The van der Waals surface area contributed by atoms with E-state index in [0.717, 1.165) is 13.2 Å². The maximum absolute atomic E-state index is 12.4. The summed E-state index contributed by atoms with van der Waals surface area (Å²) < 4.78 is 29.2. The van der Waals surface area contributed by atoms with E-state index in [1.54, 1.807) is 6.07 Å². The second kappa shape index (κ2) is 4.66. The van der Waals surface area contributed by atoms with Gasteiger partial charge in [0.05, 0.1) is 12.7 Å². The van der Waals surface area contributed by atoms with Crippen LogP contribution < -0.4 is 0 Å². The van der Waals surface area contributed by atoms with Gasteiger partial charge in [0.1, 0.15) is 11.8 Å². The van der Waals surface area contributed by atoms with Gasteiger partial charge in [0.2, 0.25) is 0 Å². The fourth-order valence-corrected chi connectivity index (χ4v) is 1.20. The molecule has 6 heteroatoms. The molecule has 0 aliphatic heterocycles. The van der Waals surface area contributed by atoms with Gasteiger partial charge in [-0.3, -0.25) is 0 Å². The molecule has 0 aliphatic rings. The summed E-state index contributed by atoms with van der Waals surface area (Å²) in [6.45, 7) is 1.46. The quantitative estimate of drug-likeness (QED) is 0.723. The molecule has 0 unspecified atom stereocenters. The Bertz CT molecular complexity index is 467. The van der Waals surface area contributed by atoms with Crippen LogP contribution in [0.5, 0.6) is 0 Å². The summed E-state index contributed by atoms with van der Waals surface area (Å²) in [5.41, 5.74) is -0.693. The number of halogens is 2. The van der Waals surface area contributed by atoms with Crippen LogP contribution in [0.2, 0.25) is 0 Å². The fourth-order valence-electron chi connectivity index (χ4n) is 1.20. The van der Waals surface area contributed by atoms with Crippen molar-refractivity contribution >= 4 is 5.97 Å². The highest BCUT2D eigenvalue weighted by Crippen LogP contribution is 2.21. The molecule has 0 fully saturated rings. The Balaban J connectivity index is 3.44. The van der Waals surface area contributed by atoms with Crippen molar-refractivity contribution in [2.24, 2.45) is 0 Å². The molecule has 1 rings (SSSR count). The number of carbonyl (C=O) groups excluding carboxylic acids is 1. The zero-order valence-electron chi connectivity index (χ0n) is 8.62. The van der Waals surface area contributed by atoms with E-state index in [1.165, 1.54) is 6.92 Å². The normalized spacial score (nSPS) is 10.0. The lowest BCUT2D eigenvalue weighted by Gasteiger charge is -2.07. The van der Waals surface area contributed by atoms with Gasteiger partial charge in [-0.15, -0.1) is 0 Å². The molecule has 16 heavy (non-hydrogen) atoms. The lowest BCUT2D eigenvalue weighted by atomic mass is 10.1. The zero-order valence-corrected chi connectivity index (χ0v) is 8.62. The highest BCUT2D eigenvalue weighted by atomic mass is 19.3. The fraction of sp³-hybridized carbons (Fsp3) is 0.300. The predicted molar refractivity (Wildman–Crippen MR) is 50.0 cm³/mol. The number of aryl methyl sites for hydroxylation is 1. The monoisotopic (exact) mass is 226 g/mol. The van der Waals surface area contributed by atoms with E-state index in [0.29, 0.717) is 0 Å². The molecule has 0 saturated heterocycles. The van der Waals surface area contributed by atoms with Crippen LogP contribution in [0.15, 0.2) is 6.07 Å². The van der Waals surface area contributed by atoms with E-state index in [-0.39, 0.29) is 16.8 Å². The van der Waals surface area contributed by atoms with E-state index < -0.39 is 18.1 Å². The van der Waals surface area contributed by atoms with Crippen molar-refractivity contribution in [3.8, 4) is 6.07 Å². The summed E-state index contributed by atoms with van der Waals surface area (Å²) in [4.78, 5) is 14.7. The number of hydrogen-bond acceptors (Lipinski definition) is 4. The summed E-state index contributed by atoms with van der Waals surface area (Å²) >= 11 is 0. The molecular weight excluding hydrogens is 218 g/mol. The molecule has 84 valence electrons. The smallest absolute Gasteiger partial charge is 0.358 e. The van der Waals surface area contributed by atoms with Crippen LogP contribution in [0.3, 0.4) is 0 Å². The molecular formula is C10H8F2N2O2. The first-order chi connectivity index (χ1) is 7.51. The minimum absolute atomic E-state index is 0.0451. The molecule has 0 N–H and O–H groups in total. The average Bonchev–Trinajstić information content (AvgIpc) is 2.26. The Morgan fingerprint density at radius 2 is 2.25 bits per heavy atom. The van der Waals surface area contributed by atoms with E-state index in [2.05, 4.69) is 9.72 Å². The molecule has 0 spiro atoms. The third-order valence-corrected chi connectivity index (χ3v) is 1.95. The van der Waals surface area contributed by atoms with Crippen molar-refractivity contribution in [1.29, 1.82) is 5.26 Å². The number of alkyl halides is 2. The second-order valence-electron chi connectivity index (χ2n) is 2.99. The number of nitriles is 1. The molecule has 0 aromatic carbocycles. The Morgan fingerprint density at radius 1 is 1.62 bits per heavy atom. The number of methoxy groups -OCH3 is 1. The Labute approximate surface area is 90.5 Å². The number of hydrogen-bond donors (Lipinski definition) is 0. The summed E-state index contributed by atoms with van der Waals surface area (Å²) in [5, 5.41) is 8.79. The minimum Gasteiger partial charge on any atom is -0.464 e. The van der Waals surface area contributed by atoms with Gasteiger partial charge in [0.15, 0.2) is 5.69 Å². The van der Waals surface area contributed by atoms with Crippen molar-refractivity contribution < 1.29 is 18.3 Å². The van der Waals surface area contributed by atoms with Gasteiger partial charge in [-0.05, 0) is 18.6 Å². The summed E-state index contributed by atoms with van der Waals surface area (Å²) in [6, 6.07) is 2.82. The van der Waals surface area contributed by atoms with Crippen molar-refractivity contribution in [2.45, 2.75) is 13.3 Å². The van der Waals surface area contributed by atoms with E-state index in [1.807, 2.05) is 0 Å². The number of pyridine rings is 1. The number of aromatic nitrogens is 1. The van der Waals surface area contributed by atoms with Gasteiger partial charge >= 0.3 is 5.97 Å². The second-order valence-corrected chi connectivity index (χ2v) is 2.99. The number of ether oxygens (including phenoxy) is 1. The maximum Gasteiger partial charge on any atom is 0.358 e. The first-order valence-electron chi connectivity index (χ1n) is 4.29. The predicted octanol–water partition coefficient (Wildman–Crippen LogP) is 1.99. The summed E-state index contributed by atoms with van der Waals surface area (Å²) in [5.74, 6) is -0.901. The van der Waals surface area contributed by atoms with Crippen LogP contribution in [0.4, 0.5) is 8.78 Å². The topological polar surface area (TPSA) is 63.0 Å². The van der Waals surface area contributed by atoms with Crippen LogP contribution in [0.1, 0.15) is 33.7 Å². The largest absolute Gasteiger partial charge is 0.464 e. The molecule has 0 bridgehead atoms. The molecule has 0 aliphatic carbocycles. The first-order valence-corrected chi connectivity index (χ1v) is 4.29. The molecule has 4 nitrogen and oxygen atoms in total. The van der Waals surface area contributed by atoms with E-state index in [9.17, 15) is 13.6 Å². The van der Waals surface area contributed by atoms with Crippen molar-refractivity contribution in [3.05, 3.63) is 28.6 Å². The van der Waals surface area contributed by atoms with Crippen LogP contribution in [0, 0.1) is 18.3 Å². The lowest BCUT2D eigenvalue weighted by Crippen LogP contribution is -2.10. The number of rotatable bonds is 2. The van der Waals surface area contributed by atoms with Gasteiger partial charge in [0, 0.05) is 0 Å². The van der Waals surface area contributed by atoms with Crippen LogP contribution in [0.25, 0.3) is 0 Å². The summed E-state index contributed by atoms with van der Waals surface area (Å²) in [7, 11) is 1.09. The molecule has 0 saturated carbocycles. The van der Waals surface area contributed by atoms with Crippen LogP contribution >= 0.6 is 0 Å². The third-order valence-electron chi connectivity index (χ3n) is 1.95. The third kappa shape index (κ3) is 2.14. The summed E-state index contributed by atoms with van der Waals surface area (Å²) in [6.07, 6.45) is -2.80. The van der Waals surface area contributed by atoms with Gasteiger partial charge in [0.25, 0.3) is 6.43 Å². The number of esters is 1. The molecule has 1 aromatic heterocycles. The molecule has 1 aromatic rings. The number of carbonyl (C=O) groups is 1. The SMILES string of the molecule is COC(=O)c1nc(C(F)F)cc(C)c1C#N. The Kier molecular flexibility index (Phi) is 3.51. The highest BCUT2D eigenvalue weighted by molar-refractivity contribution is 5.90. The first kappa shape index (κ1) is 12.0. The maximum atomic E-state index is 12.4. The standard InChI is InChI=1S/C10H8F2N2O2/c1-5-3-7(9(11)12)14-8(6(5)4-13)10(15)16-2/h3,9H,1-2H3. The van der Waals surface area contributed by atoms with Gasteiger partial charge in [-0.2, -0.15) is 5.26 Å². The van der Waals surface area contributed by atoms with Crippen molar-refractivity contribution in [2.75, 3.05) is 7.11 Å². The Morgan fingerprint density at radius 3 is 2.69 bits per heavy atom. The molecule has 1 heterocycles. The molecule has 0 atom stereocenters. The van der Waals surface area contributed by atoms with Gasteiger partial charge < -0.3 is 4.74 Å². The highest BCUT2D eigenvalue weighted by Gasteiger charge is 2.20.